The molecule has 1 N–H and O–H groups in total. The SMILES string of the molecule is CC1CN(c2cccnc2)CCC1O. The highest BCUT2D eigenvalue weighted by Gasteiger charge is 2.24. The predicted octanol–water partition coefficient (Wildman–Crippen LogP) is 1.29. The number of rotatable bonds is 1. The molecule has 2 atom stereocenters. The van der Waals surface area contributed by atoms with E-state index in [2.05, 4.69) is 22.9 Å². The minimum absolute atomic E-state index is 0.136. The van der Waals surface area contributed by atoms with Crippen LogP contribution in [0.25, 0.3) is 0 Å². The molecule has 76 valence electrons. The van der Waals surface area contributed by atoms with Crippen LogP contribution < -0.4 is 4.90 Å². The Balaban J connectivity index is 2.07. The van der Waals surface area contributed by atoms with Crippen molar-refractivity contribution >= 4 is 5.69 Å². The number of hydrogen-bond acceptors (Lipinski definition) is 3. The molecule has 0 aliphatic carbocycles. The summed E-state index contributed by atoms with van der Waals surface area (Å²) < 4.78 is 0. The molecule has 0 aromatic carbocycles. The van der Waals surface area contributed by atoms with Crippen LogP contribution in [-0.2, 0) is 0 Å². The van der Waals surface area contributed by atoms with Crippen LogP contribution in [0.2, 0.25) is 0 Å². The molecule has 2 heterocycles. The molecule has 0 bridgehead atoms. The Morgan fingerprint density at radius 2 is 2.43 bits per heavy atom. The molecule has 2 unspecified atom stereocenters. The molecule has 1 aliphatic rings. The summed E-state index contributed by atoms with van der Waals surface area (Å²) >= 11 is 0. The van der Waals surface area contributed by atoms with Crippen LogP contribution in [0.4, 0.5) is 5.69 Å². The minimum Gasteiger partial charge on any atom is -0.393 e. The lowest BCUT2D eigenvalue weighted by Gasteiger charge is -2.35. The van der Waals surface area contributed by atoms with Gasteiger partial charge in [0.1, 0.15) is 0 Å². The van der Waals surface area contributed by atoms with E-state index in [1.807, 2.05) is 12.3 Å². The standard InChI is InChI=1S/C11H16N2O/c1-9-8-13(6-4-11(9)14)10-3-2-5-12-7-10/h2-3,5,7,9,11,14H,4,6,8H2,1H3. The number of hydrogen-bond donors (Lipinski definition) is 1. The number of aliphatic hydroxyl groups excluding tert-OH is 1. The van der Waals surface area contributed by atoms with Crippen molar-refractivity contribution in [1.82, 2.24) is 4.98 Å². The Labute approximate surface area is 84.4 Å². The summed E-state index contributed by atoms with van der Waals surface area (Å²) in [5, 5.41) is 9.60. The van der Waals surface area contributed by atoms with Gasteiger partial charge in [0.2, 0.25) is 0 Å². The van der Waals surface area contributed by atoms with Gasteiger partial charge in [-0.05, 0) is 24.5 Å². The summed E-state index contributed by atoms with van der Waals surface area (Å²) in [5.41, 5.74) is 1.16. The zero-order chi connectivity index (χ0) is 9.97. The van der Waals surface area contributed by atoms with E-state index >= 15 is 0 Å². The second-order valence-corrected chi connectivity index (χ2v) is 3.99. The van der Waals surface area contributed by atoms with Crippen LogP contribution >= 0.6 is 0 Å². The first-order valence-electron chi connectivity index (χ1n) is 5.10. The highest BCUT2D eigenvalue weighted by molar-refractivity contribution is 5.44. The van der Waals surface area contributed by atoms with E-state index in [-0.39, 0.29) is 6.10 Å². The lowest BCUT2D eigenvalue weighted by Crippen LogP contribution is -2.41. The van der Waals surface area contributed by atoms with Gasteiger partial charge < -0.3 is 10.0 Å². The van der Waals surface area contributed by atoms with Crippen molar-refractivity contribution in [3.05, 3.63) is 24.5 Å². The molecule has 3 heteroatoms. The number of aromatic nitrogens is 1. The zero-order valence-electron chi connectivity index (χ0n) is 8.43. The van der Waals surface area contributed by atoms with E-state index in [0.717, 1.165) is 25.2 Å². The number of pyridine rings is 1. The van der Waals surface area contributed by atoms with Gasteiger partial charge in [-0.15, -0.1) is 0 Å². The predicted molar refractivity (Wildman–Crippen MR) is 56.2 cm³/mol. The number of aliphatic hydroxyl groups is 1. The molecule has 14 heavy (non-hydrogen) atoms. The maximum absolute atomic E-state index is 9.60. The Morgan fingerprint density at radius 3 is 3.07 bits per heavy atom. The second kappa shape index (κ2) is 3.96. The number of nitrogens with zero attached hydrogens (tertiary/aromatic N) is 2. The maximum atomic E-state index is 9.60. The summed E-state index contributed by atoms with van der Waals surface area (Å²) in [4.78, 5) is 6.38. The molecule has 0 saturated carbocycles. The lowest BCUT2D eigenvalue weighted by molar-refractivity contribution is 0.0971. The summed E-state index contributed by atoms with van der Waals surface area (Å²) in [6, 6.07) is 4.02. The van der Waals surface area contributed by atoms with Crippen molar-refractivity contribution in [2.75, 3.05) is 18.0 Å². The van der Waals surface area contributed by atoms with Gasteiger partial charge in [-0.25, -0.2) is 0 Å². The van der Waals surface area contributed by atoms with Gasteiger partial charge in [-0.2, -0.15) is 0 Å². The van der Waals surface area contributed by atoms with Crippen LogP contribution in [0.1, 0.15) is 13.3 Å². The van der Waals surface area contributed by atoms with Gasteiger partial charge in [-0.1, -0.05) is 6.92 Å². The van der Waals surface area contributed by atoms with Crippen molar-refractivity contribution in [3.8, 4) is 0 Å². The summed E-state index contributed by atoms with van der Waals surface area (Å²) in [7, 11) is 0. The third kappa shape index (κ3) is 1.87. The van der Waals surface area contributed by atoms with Crippen LogP contribution in [0.15, 0.2) is 24.5 Å². The monoisotopic (exact) mass is 192 g/mol. The molecule has 0 amide bonds. The van der Waals surface area contributed by atoms with Crippen molar-refractivity contribution < 1.29 is 5.11 Å². The summed E-state index contributed by atoms with van der Waals surface area (Å²) in [6.45, 7) is 3.94. The van der Waals surface area contributed by atoms with Crippen molar-refractivity contribution in [1.29, 1.82) is 0 Å². The molecule has 2 rings (SSSR count). The Hall–Kier alpha value is -1.09. The van der Waals surface area contributed by atoms with Crippen molar-refractivity contribution in [3.63, 3.8) is 0 Å². The highest BCUT2D eigenvalue weighted by Crippen LogP contribution is 2.21. The van der Waals surface area contributed by atoms with Gasteiger partial charge in [0.25, 0.3) is 0 Å². The third-order valence-corrected chi connectivity index (χ3v) is 2.87. The van der Waals surface area contributed by atoms with E-state index in [1.165, 1.54) is 0 Å². The topological polar surface area (TPSA) is 36.4 Å². The zero-order valence-corrected chi connectivity index (χ0v) is 8.43. The van der Waals surface area contributed by atoms with Crippen LogP contribution in [0.5, 0.6) is 0 Å². The normalized spacial score (nSPS) is 27.7. The molecule has 1 aromatic rings. The molecule has 1 fully saturated rings. The van der Waals surface area contributed by atoms with Crippen LogP contribution in [0.3, 0.4) is 0 Å². The van der Waals surface area contributed by atoms with Crippen molar-refractivity contribution in [2.24, 2.45) is 5.92 Å². The van der Waals surface area contributed by atoms with E-state index in [4.69, 9.17) is 0 Å². The molecular weight excluding hydrogens is 176 g/mol. The maximum Gasteiger partial charge on any atom is 0.0599 e. The average molecular weight is 192 g/mol. The van der Waals surface area contributed by atoms with Gasteiger partial charge in [0, 0.05) is 19.3 Å². The van der Waals surface area contributed by atoms with E-state index in [9.17, 15) is 5.11 Å². The third-order valence-electron chi connectivity index (χ3n) is 2.87. The molecule has 1 aliphatic heterocycles. The largest absolute Gasteiger partial charge is 0.393 e. The fraction of sp³-hybridized carbons (Fsp3) is 0.545. The van der Waals surface area contributed by atoms with Crippen molar-refractivity contribution in [2.45, 2.75) is 19.4 Å². The van der Waals surface area contributed by atoms with E-state index in [0.29, 0.717) is 5.92 Å². The number of anilines is 1. The second-order valence-electron chi connectivity index (χ2n) is 3.99. The number of piperidine rings is 1. The first-order chi connectivity index (χ1) is 6.77. The Kier molecular flexibility index (Phi) is 2.68. The molecular formula is C11H16N2O. The lowest BCUT2D eigenvalue weighted by atomic mass is 9.96. The average Bonchev–Trinajstić information content (AvgIpc) is 2.23. The Bertz CT molecular complexity index is 289. The smallest absolute Gasteiger partial charge is 0.0599 e. The minimum atomic E-state index is -0.136. The fourth-order valence-electron chi connectivity index (χ4n) is 1.91. The van der Waals surface area contributed by atoms with Gasteiger partial charge in [0.15, 0.2) is 0 Å². The Morgan fingerprint density at radius 1 is 1.57 bits per heavy atom. The fourth-order valence-corrected chi connectivity index (χ4v) is 1.91. The first kappa shape index (κ1) is 9.46. The summed E-state index contributed by atoms with van der Waals surface area (Å²) in [6.07, 6.45) is 4.38. The van der Waals surface area contributed by atoms with Crippen LogP contribution in [0, 0.1) is 5.92 Å². The van der Waals surface area contributed by atoms with Gasteiger partial charge in [-0.3, -0.25) is 4.98 Å². The molecule has 0 spiro atoms. The quantitative estimate of drug-likeness (QED) is 0.728. The molecule has 0 radical (unpaired) electrons. The van der Waals surface area contributed by atoms with Gasteiger partial charge >= 0.3 is 0 Å². The summed E-state index contributed by atoms with van der Waals surface area (Å²) in [5.74, 6) is 0.351. The first-order valence-corrected chi connectivity index (χ1v) is 5.10. The molecule has 3 nitrogen and oxygen atoms in total. The van der Waals surface area contributed by atoms with Crippen LogP contribution in [-0.4, -0.2) is 29.3 Å². The van der Waals surface area contributed by atoms with Gasteiger partial charge in [0.05, 0.1) is 18.0 Å². The highest BCUT2D eigenvalue weighted by atomic mass is 16.3. The van der Waals surface area contributed by atoms with E-state index in [1.54, 1.807) is 6.20 Å². The van der Waals surface area contributed by atoms with E-state index < -0.39 is 0 Å². The molecule has 1 saturated heterocycles. The molecule has 1 aromatic heterocycles.